The van der Waals surface area contributed by atoms with Crippen molar-refractivity contribution in [2.45, 2.75) is 25.3 Å². The number of carbonyl (C=O) groups excluding carboxylic acids is 2. The third-order valence-electron chi connectivity index (χ3n) is 3.41. The van der Waals surface area contributed by atoms with Crippen LogP contribution in [-0.4, -0.2) is 49.7 Å². The lowest BCUT2D eigenvalue weighted by atomic mass is 9.95. The summed E-state index contributed by atoms with van der Waals surface area (Å²) in [7, 11) is 1.42. The lowest BCUT2D eigenvalue weighted by Crippen LogP contribution is -2.45. The maximum absolute atomic E-state index is 11.4. The van der Waals surface area contributed by atoms with Gasteiger partial charge in [0.2, 0.25) is 0 Å². The standard InChI is InChI=1S/C11H17NO4/c1-15-10(13)8-2-5-12(6-3-8)9-4-7-16-11(9)14/h8-9H,2-7H2,1H3. The molecule has 0 spiro atoms. The molecule has 0 saturated carbocycles. The highest BCUT2D eigenvalue weighted by Crippen LogP contribution is 2.23. The summed E-state index contributed by atoms with van der Waals surface area (Å²) in [4.78, 5) is 24.8. The molecular weight excluding hydrogens is 210 g/mol. The number of methoxy groups -OCH3 is 1. The molecule has 0 radical (unpaired) electrons. The molecule has 2 fully saturated rings. The Kier molecular flexibility index (Phi) is 3.43. The van der Waals surface area contributed by atoms with E-state index in [1.165, 1.54) is 7.11 Å². The minimum atomic E-state index is -0.131. The number of ether oxygens (including phenoxy) is 2. The van der Waals surface area contributed by atoms with E-state index in [4.69, 9.17) is 9.47 Å². The van der Waals surface area contributed by atoms with E-state index in [0.717, 1.165) is 32.4 Å². The van der Waals surface area contributed by atoms with Gasteiger partial charge in [-0.25, -0.2) is 0 Å². The highest BCUT2D eigenvalue weighted by atomic mass is 16.5. The molecule has 90 valence electrons. The fourth-order valence-electron chi connectivity index (χ4n) is 2.43. The minimum absolute atomic E-state index is 0.00123. The smallest absolute Gasteiger partial charge is 0.323 e. The van der Waals surface area contributed by atoms with Crippen molar-refractivity contribution in [3.05, 3.63) is 0 Å². The van der Waals surface area contributed by atoms with E-state index in [0.29, 0.717) is 6.61 Å². The van der Waals surface area contributed by atoms with Gasteiger partial charge in [-0.2, -0.15) is 0 Å². The second kappa shape index (κ2) is 4.82. The van der Waals surface area contributed by atoms with Crippen LogP contribution in [0, 0.1) is 5.92 Å². The van der Waals surface area contributed by atoms with E-state index in [9.17, 15) is 9.59 Å². The summed E-state index contributed by atoms with van der Waals surface area (Å²) in [5.74, 6) is -0.246. The third kappa shape index (κ3) is 2.19. The molecule has 16 heavy (non-hydrogen) atoms. The van der Waals surface area contributed by atoms with Crippen molar-refractivity contribution in [2.75, 3.05) is 26.8 Å². The van der Waals surface area contributed by atoms with E-state index in [2.05, 4.69) is 4.90 Å². The van der Waals surface area contributed by atoms with Gasteiger partial charge in [0, 0.05) is 6.42 Å². The van der Waals surface area contributed by atoms with Gasteiger partial charge in [-0.05, 0) is 25.9 Å². The SMILES string of the molecule is COC(=O)C1CCN(C2CCOC2=O)CC1. The molecule has 2 aliphatic heterocycles. The largest absolute Gasteiger partial charge is 0.469 e. The second-order valence-electron chi connectivity index (χ2n) is 4.31. The Morgan fingerprint density at radius 1 is 1.38 bits per heavy atom. The van der Waals surface area contributed by atoms with E-state index < -0.39 is 0 Å². The van der Waals surface area contributed by atoms with Gasteiger partial charge in [0.05, 0.1) is 19.6 Å². The Bertz CT molecular complexity index is 284. The molecule has 0 aromatic carbocycles. The summed E-state index contributed by atoms with van der Waals surface area (Å²) in [5, 5.41) is 0. The number of cyclic esters (lactones) is 1. The molecule has 5 heteroatoms. The molecule has 0 aromatic heterocycles. The normalized spacial score (nSPS) is 27.8. The van der Waals surface area contributed by atoms with Crippen molar-refractivity contribution in [1.82, 2.24) is 4.90 Å². The van der Waals surface area contributed by atoms with E-state index >= 15 is 0 Å². The third-order valence-corrected chi connectivity index (χ3v) is 3.41. The highest BCUT2D eigenvalue weighted by Gasteiger charge is 2.35. The topological polar surface area (TPSA) is 55.8 Å². The second-order valence-corrected chi connectivity index (χ2v) is 4.31. The molecule has 1 unspecified atom stereocenters. The van der Waals surface area contributed by atoms with Gasteiger partial charge in [0.15, 0.2) is 0 Å². The van der Waals surface area contributed by atoms with Gasteiger partial charge in [0.1, 0.15) is 6.04 Å². The van der Waals surface area contributed by atoms with E-state index in [1.807, 2.05) is 0 Å². The van der Waals surface area contributed by atoms with Crippen molar-refractivity contribution in [2.24, 2.45) is 5.92 Å². The molecule has 1 atom stereocenters. The monoisotopic (exact) mass is 227 g/mol. The van der Waals surface area contributed by atoms with Gasteiger partial charge in [-0.1, -0.05) is 0 Å². The number of piperidine rings is 1. The number of likely N-dealkylation sites (tertiary alicyclic amines) is 1. The van der Waals surface area contributed by atoms with Crippen molar-refractivity contribution in [3.63, 3.8) is 0 Å². The molecule has 0 amide bonds. The van der Waals surface area contributed by atoms with Crippen molar-refractivity contribution in [3.8, 4) is 0 Å². The van der Waals surface area contributed by atoms with Crippen LogP contribution in [0.1, 0.15) is 19.3 Å². The number of nitrogens with zero attached hydrogens (tertiary/aromatic N) is 1. The van der Waals surface area contributed by atoms with Crippen LogP contribution in [0.15, 0.2) is 0 Å². The maximum Gasteiger partial charge on any atom is 0.323 e. The first-order valence-electron chi connectivity index (χ1n) is 5.71. The molecule has 0 aliphatic carbocycles. The molecule has 0 aromatic rings. The molecule has 2 saturated heterocycles. The average Bonchev–Trinajstić information content (AvgIpc) is 2.75. The Labute approximate surface area is 94.7 Å². The Balaban J connectivity index is 1.85. The molecule has 2 aliphatic rings. The number of esters is 2. The van der Waals surface area contributed by atoms with Crippen LogP contribution in [0.25, 0.3) is 0 Å². The van der Waals surface area contributed by atoms with Gasteiger partial charge in [-0.15, -0.1) is 0 Å². The van der Waals surface area contributed by atoms with Crippen molar-refractivity contribution in [1.29, 1.82) is 0 Å². The predicted molar refractivity (Wildman–Crippen MR) is 55.7 cm³/mol. The zero-order chi connectivity index (χ0) is 11.5. The van der Waals surface area contributed by atoms with Crippen LogP contribution in [0.3, 0.4) is 0 Å². The van der Waals surface area contributed by atoms with Gasteiger partial charge in [-0.3, -0.25) is 14.5 Å². The predicted octanol–water partition coefficient (Wildman–Crippen LogP) is 0.187. The fraction of sp³-hybridized carbons (Fsp3) is 0.818. The van der Waals surface area contributed by atoms with Crippen molar-refractivity contribution < 1.29 is 19.1 Å². The first-order chi connectivity index (χ1) is 7.72. The van der Waals surface area contributed by atoms with Crippen molar-refractivity contribution >= 4 is 11.9 Å². The first-order valence-corrected chi connectivity index (χ1v) is 5.71. The summed E-state index contributed by atoms with van der Waals surface area (Å²) in [6, 6.07) is -0.0846. The van der Waals surface area contributed by atoms with Crippen LogP contribution >= 0.6 is 0 Å². The number of hydrogen-bond acceptors (Lipinski definition) is 5. The van der Waals surface area contributed by atoms with Crippen LogP contribution in [0.4, 0.5) is 0 Å². The van der Waals surface area contributed by atoms with Crippen LogP contribution in [0.5, 0.6) is 0 Å². The summed E-state index contributed by atoms with van der Waals surface area (Å²) >= 11 is 0. The lowest BCUT2D eigenvalue weighted by Gasteiger charge is -2.32. The van der Waals surface area contributed by atoms with Crippen LogP contribution < -0.4 is 0 Å². The Morgan fingerprint density at radius 2 is 2.06 bits per heavy atom. The molecule has 2 heterocycles. The van der Waals surface area contributed by atoms with E-state index in [1.54, 1.807) is 0 Å². The fourth-order valence-corrected chi connectivity index (χ4v) is 2.43. The molecule has 0 N–H and O–H groups in total. The Morgan fingerprint density at radius 3 is 2.56 bits per heavy atom. The minimum Gasteiger partial charge on any atom is -0.469 e. The van der Waals surface area contributed by atoms with E-state index in [-0.39, 0.29) is 23.9 Å². The zero-order valence-corrected chi connectivity index (χ0v) is 9.48. The van der Waals surface area contributed by atoms with Gasteiger partial charge >= 0.3 is 11.9 Å². The number of hydrogen-bond donors (Lipinski definition) is 0. The molecule has 0 bridgehead atoms. The van der Waals surface area contributed by atoms with Gasteiger partial charge < -0.3 is 9.47 Å². The number of carbonyl (C=O) groups is 2. The van der Waals surface area contributed by atoms with Gasteiger partial charge in [0.25, 0.3) is 0 Å². The molecule has 5 nitrogen and oxygen atoms in total. The summed E-state index contributed by atoms with van der Waals surface area (Å²) in [6.45, 7) is 2.08. The summed E-state index contributed by atoms with van der Waals surface area (Å²) in [5.41, 5.74) is 0. The van der Waals surface area contributed by atoms with Crippen LogP contribution in [0.2, 0.25) is 0 Å². The summed E-state index contributed by atoms with van der Waals surface area (Å²) in [6.07, 6.45) is 2.33. The quantitative estimate of drug-likeness (QED) is 0.630. The van der Waals surface area contributed by atoms with Crippen LogP contribution in [-0.2, 0) is 19.1 Å². The number of rotatable bonds is 2. The lowest BCUT2D eigenvalue weighted by molar-refractivity contribution is -0.147. The molecule has 2 rings (SSSR count). The first kappa shape index (κ1) is 11.4. The molecular formula is C11H17NO4. The summed E-state index contributed by atoms with van der Waals surface area (Å²) < 4.78 is 9.66. The maximum atomic E-state index is 11.4. The highest BCUT2D eigenvalue weighted by molar-refractivity contribution is 5.77. The Hall–Kier alpha value is -1.10. The zero-order valence-electron chi connectivity index (χ0n) is 9.48. The average molecular weight is 227 g/mol.